The normalized spacial score (nSPS) is 11.1. The lowest BCUT2D eigenvalue weighted by molar-refractivity contribution is -0.137. The molecule has 150 valence electrons. The van der Waals surface area contributed by atoms with Gasteiger partial charge in [0.1, 0.15) is 0 Å². The average molecular weight is 410 g/mol. The molecule has 0 aliphatic rings. The van der Waals surface area contributed by atoms with Gasteiger partial charge in [0.2, 0.25) is 11.8 Å². The Labute approximate surface area is 165 Å². The van der Waals surface area contributed by atoms with E-state index in [1.807, 2.05) is 25.1 Å². The Kier molecular flexibility index (Phi) is 7.92. The molecule has 0 saturated carbocycles. The van der Waals surface area contributed by atoms with E-state index >= 15 is 0 Å². The molecule has 0 radical (unpaired) electrons. The third-order valence-corrected chi connectivity index (χ3v) is 4.72. The van der Waals surface area contributed by atoms with Crippen LogP contribution in [0.25, 0.3) is 0 Å². The highest BCUT2D eigenvalue weighted by Crippen LogP contribution is 2.29. The van der Waals surface area contributed by atoms with E-state index in [0.29, 0.717) is 24.2 Å². The highest BCUT2D eigenvalue weighted by atomic mass is 32.2. The summed E-state index contributed by atoms with van der Waals surface area (Å²) in [5.41, 5.74) is 1.77. The first-order valence-electron chi connectivity index (χ1n) is 8.61. The Balaban J connectivity index is 1.63. The SMILES string of the molecule is Cc1cccc(NC(=O)CSCC(=O)NCCc2ccc(C(F)(F)F)cc2)c1. The highest BCUT2D eigenvalue weighted by molar-refractivity contribution is 8.00. The lowest BCUT2D eigenvalue weighted by Gasteiger charge is -2.08. The molecule has 0 bridgehead atoms. The van der Waals surface area contributed by atoms with Crippen molar-refractivity contribution < 1.29 is 22.8 Å². The summed E-state index contributed by atoms with van der Waals surface area (Å²) in [6.07, 6.45) is -3.92. The predicted octanol–water partition coefficient (Wildman–Crippen LogP) is 4.04. The fourth-order valence-corrected chi connectivity index (χ4v) is 3.06. The molecule has 0 spiro atoms. The molecular formula is C20H21F3N2O2S. The van der Waals surface area contributed by atoms with Gasteiger partial charge in [-0.25, -0.2) is 0 Å². The van der Waals surface area contributed by atoms with E-state index in [1.54, 1.807) is 6.07 Å². The standard InChI is InChI=1S/C20H21F3N2O2S/c1-14-3-2-4-17(11-14)25-19(27)13-28-12-18(26)24-10-9-15-5-7-16(8-6-15)20(21,22)23/h2-8,11H,9-10,12-13H2,1H3,(H,24,26)(H,25,27). The van der Waals surface area contributed by atoms with E-state index in [9.17, 15) is 22.8 Å². The number of aryl methyl sites for hydroxylation is 1. The minimum atomic E-state index is -4.35. The quantitative estimate of drug-likeness (QED) is 0.691. The molecule has 0 atom stereocenters. The Morgan fingerprint density at radius 3 is 2.32 bits per heavy atom. The molecule has 8 heteroatoms. The Morgan fingerprint density at radius 2 is 1.68 bits per heavy atom. The monoisotopic (exact) mass is 410 g/mol. The maximum atomic E-state index is 12.5. The first-order valence-corrected chi connectivity index (χ1v) is 9.76. The molecule has 28 heavy (non-hydrogen) atoms. The van der Waals surface area contributed by atoms with Crippen molar-refractivity contribution in [3.63, 3.8) is 0 Å². The second kappa shape index (κ2) is 10.2. The summed E-state index contributed by atoms with van der Waals surface area (Å²) in [6.45, 7) is 2.25. The molecule has 0 aliphatic carbocycles. The molecule has 0 aliphatic heterocycles. The summed E-state index contributed by atoms with van der Waals surface area (Å²) < 4.78 is 37.5. The molecular weight excluding hydrogens is 389 g/mol. The van der Waals surface area contributed by atoms with Gasteiger partial charge < -0.3 is 10.6 Å². The first kappa shape index (κ1) is 21.8. The van der Waals surface area contributed by atoms with Crippen LogP contribution in [0.4, 0.5) is 18.9 Å². The zero-order chi connectivity index (χ0) is 20.6. The van der Waals surface area contributed by atoms with Crippen LogP contribution < -0.4 is 10.6 Å². The van der Waals surface area contributed by atoms with Gasteiger partial charge in [-0.1, -0.05) is 24.3 Å². The van der Waals surface area contributed by atoms with E-state index in [-0.39, 0.29) is 23.3 Å². The molecule has 2 aromatic carbocycles. The third-order valence-electron chi connectivity index (χ3n) is 3.79. The van der Waals surface area contributed by atoms with Gasteiger partial charge in [-0.3, -0.25) is 9.59 Å². The van der Waals surface area contributed by atoms with Crippen LogP contribution >= 0.6 is 11.8 Å². The van der Waals surface area contributed by atoms with Crippen LogP contribution in [0.3, 0.4) is 0 Å². The number of hydrogen-bond donors (Lipinski definition) is 2. The van der Waals surface area contributed by atoms with E-state index in [4.69, 9.17) is 0 Å². The minimum absolute atomic E-state index is 0.133. The fourth-order valence-electron chi connectivity index (χ4n) is 2.41. The molecule has 0 aromatic heterocycles. The summed E-state index contributed by atoms with van der Waals surface area (Å²) in [5, 5.41) is 5.46. The number of hydrogen-bond acceptors (Lipinski definition) is 3. The molecule has 2 N–H and O–H groups in total. The van der Waals surface area contributed by atoms with Crippen molar-refractivity contribution in [2.75, 3.05) is 23.4 Å². The lowest BCUT2D eigenvalue weighted by Crippen LogP contribution is -2.28. The maximum Gasteiger partial charge on any atom is 0.416 e. The zero-order valence-electron chi connectivity index (χ0n) is 15.3. The van der Waals surface area contributed by atoms with Gasteiger partial charge in [-0.2, -0.15) is 13.2 Å². The maximum absolute atomic E-state index is 12.5. The summed E-state index contributed by atoms with van der Waals surface area (Å²) in [7, 11) is 0. The second-order valence-corrected chi connectivity index (χ2v) is 7.19. The number of amides is 2. The molecule has 2 aromatic rings. The molecule has 0 fully saturated rings. The van der Waals surface area contributed by atoms with Crippen LogP contribution in [0.5, 0.6) is 0 Å². The van der Waals surface area contributed by atoms with Crippen molar-refractivity contribution in [1.82, 2.24) is 5.32 Å². The molecule has 2 rings (SSSR count). The van der Waals surface area contributed by atoms with E-state index < -0.39 is 11.7 Å². The molecule has 0 saturated heterocycles. The number of anilines is 1. The summed E-state index contributed by atoms with van der Waals surface area (Å²) in [6, 6.07) is 12.3. The number of halogens is 3. The number of nitrogens with one attached hydrogen (secondary N) is 2. The minimum Gasteiger partial charge on any atom is -0.355 e. The van der Waals surface area contributed by atoms with Crippen molar-refractivity contribution in [3.8, 4) is 0 Å². The van der Waals surface area contributed by atoms with Gasteiger partial charge >= 0.3 is 6.18 Å². The van der Waals surface area contributed by atoms with Crippen LogP contribution in [-0.4, -0.2) is 29.9 Å². The van der Waals surface area contributed by atoms with Crippen molar-refractivity contribution in [2.24, 2.45) is 0 Å². The van der Waals surface area contributed by atoms with Gasteiger partial charge in [0.25, 0.3) is 0 Å². The van der Waals surface area contributed by atoms with Crippen molar-refractivity contribution in [1.29, 1.82) is 0 Å². The predicted molar refractivity (Wildman–Crippen MR) is 105 cm³/mol. The van der Waals surface area contributed by atoms with E-state index in [0.717, 1.165) is 17.7 Å². The topological polar surface area (TPSA) is 58.2 Å². The number of thioether (sulfide) groups is 1. The van der Waals surface area contributed by atoms with Crippen molar-refractivity contribution in [2.45, 2.75) is 19.5 Å². The van der Waals surface area contributed by atoms with Gasteiger partial charge in [0.05, 0.1) is 17.1 Å². The highest BCUT2D eigenvalue weighted by Gasteiger charge is 2.29. The van der Waals surface area contributed by atoms with Crippen LogP contribution in [0.15, 0.2) is 48.5 Å². The molecule has 0 unspecified atom stereocenters. The van der Waals surface area contributed by atoms with Crippen LogP contribution in [0.2, 0.25) is 0 Å². The summed E-state index contributed by atoms with van der Waals surface area (Å²) in [4.78, 5) is 23.6. The van der Waals surface area contributed by atoms with Gasteiger partial charge in [-0.15, -0.1) is 11.8 Å². The average Bonchev–Trinajstić information content (AvgIpc) is 2.61. The summed E-state index contributed by atoms with van der Waals surface area (Å²) in [5.74, 6) is -0.123. The van der Waals surface area contributed by atoms with Crippen molar-refractivity contribution >= 4 is 29.3 Å². The molecule has 0 heterocycles. The number of carbonyl (C=O) groups excluding carboxylic acids is 2. The first-order chi connectivity index (χ1) is 13.2. The number of rotatable bonds is 8. The Morgan fingerprint density at radius 1 is 1.00 bits per heavy atom. The van der Waals surface area contributed by atoms with Gasteiger partial charge in [0, 0.05) is 12.2 Å². The number of benzene rings is 2. The fraction of sp³-hybridized carbons (Fsp3) is 0.300. The second-order valence-electron chi connectivity index (χ2n) is 6.21. The Bertz CT molecular complexity index is 808. The molecule has 4 nitrogen and oxygen atoms in total. The zero-order valence-corrected chi connectivity index (χ0v) is 16.1. The van der Waals surface area contributed by atoms with Crippen LogP contribution in [0, 0.1) is 6.92 Å². The summed E-state index contributed by atoms with van der Waals surface area (Å²) >= 11 is 1.19. The number of alkyl halides is 3. The van der Waals surface area contributed by atoms with Gasteiger partial charge in [0.15, 0.2) is 0 Å². The smallest absolute Gasteiger partial charge is 0.355 e. The Hall–Kier alpha value is -2.48. The van der Waals surface area contributed by atoms with E-state index in [2.05, 4.69) is 10.6 Å². The third kappa shape index (κ3) is 7.64. The van der Waals surface area contributed by atoms with Crippen molar-refractivity contribution in [3.05, 3.63) is 65.2 Å². The van der Waals surface area contributed by atoms with E-state index in [1.165, 1.54) is 23.9 Å². The lowest BCUT2D eigenvalue weighted by atomic mass is 10.1. The van der Waals surface area contributed by atoms with Gasteiger partial charge in [-0.05, 0) is 48.7 Å². The largest absolute Gasteiger partial charge is 0.416 e. The number of carbonyl (C=O) groups is 2. The van der Waals surface area contributed by atoms with Crippen LogP contribution in [0.1, 0.15) is 16.7 Å². The van der Waals surface area contributed by atoms with Crippen LogP contribution in [-0.2, 0) is 22.2 Å². The molecule has 2 amide bonds.